The molecule has 24 heavy (non-hydrogen) atoms. The summed E-state index contributed by atoms with van der Waals surface area (Å²) in [6.45, 7) is 2.46. The van der Waals surface area contributed by atoms with Crippen LogP contribution in [0.3, 0.4) is 0 Å². The smallest absolute Gasteiger partial charge is 0.325 e. The molecule has 0 radical (unpaired) electrons. The maximum Gasteiger partial charge on any atom is 0.325 e. The maximum atomic E-state index is 12.1. The van der Waals surface area contributed by atoms with Crippen molar-refractivity contribution >= 4 is 35.7 Å². The summed E-state index contributed by atoms with van der Waals surface area (Å²) in [4.78, 5) is 31.5. The molecule has 3 rings (SSSR count). The van der Waals surface area contributed by atoms with Crippen molar-refractivity contribution < 1.29 is 9.59 Å². The Morgan fingerprint density at radius 1 is 1.38 bits per heavy atom. The lowest BCUT2D eigenvalue weighted by atomic mass is 10.1. The molecule has 2 atom stereocenters. The summed E-state index contributed by atoms with van der Waals surface area (Å²) in [5, 5.41) is 7.13. The molecule has 2 aliphatic heterocycles. The van der Waals surface area contributed by atoms with Crippen LogP contribution < -0.4 is 10.7 Å². The maximum absolute atomic E-state index is 12.1. The summed E-state index contributed by atoms with van der Waals surface area (Å²) >= 11 is 5.84. The fraction of sp³-hybridized carbons (Fsp3) is 0.333. The van der Waals surface area contributed by atoms with Crippen LogP contribution in [-0.4, -0.2) is 59.7 Å². The Morgan fingerprint density at radius 3 is 2.75 bits per heavy atom. The summed E-state index contributed by atoms with van der Waals surface area (Å²) in [5.41, 5.74) is 3.72. The van der Waals surface area contributed by atoms with Crippen molar-refractivity contribution in [1.82, 2.24) is 20.5 Å². The third-order valence-electron chi connectivity index (χ3n) is 3.95. The van der Waals surface area contributed by atoms with Crippen LogP contribution in [0.4, 0.5) is 4.79 Å². The highest BCUT2D eigenvalue weighted by Gasteiger charge is 2.48. The van der Waals surface area contributed by atoms with Crippen LogP contribution in [0.25, 0.3) is 0 Å². The van der Waals surface area contributed by atoms with Gasteiger partial charge in [0.25, 0.3) is 5.91 Å². The van der Waals surface area contributed by atoms with E-state index in [1.54, 1.807) is 30.3 Å². The number of hydrogen-bond donors (Lipinski definition) is 2. The Balaban J connectivity index is 1.76. The first-order chi connectivity index (χ1) is 11.5. The highest BCUT2D eigenvalue weighted by atomic mass is 35.5. The molecule has 9 heteroatoms. The molecule has 0 spiro atoms. The van der Waals surface area contributed by atoms with Crippen molar-refractivity contribution in [2.45, 2.75) is 19.1 Å². The number of carbonyl (C=O) groups excluding carboxylic acids is 2. The second-order valence-corrected chi connectivity index (χ2v) is 5.86. The van der Waals surface area contributed by atoms with Crippen LogP contribution in [0.1, 0.15) is 12.5 Å². The van der Waals surface area contributed by atoms with Crippen LogP contribution in [-0.2, 0) is 4.79 Å². The van der Waals surface area contributed by atoms with E-state index >= 15 is 0 Å². The fourth-order valence-corrected chi connectivity index (χ4v) is 2.80. The Morgan fingerprint density at radius 2 is 2.08 bits per heavy atom. The van der Waals surface area contributed by atoms with Crippen molar-refractivity contribution in [2.75, 3.05) is 13.6 Å². The van der Waals surface area contributed by atoms with E-state index in [1.165, 1.54) is 4.90 Å². The molecule has 2 unspecified atom stereocenters. The molecule has 2 aliphatic rings. The largest absolute Gasteiger partial charge is 0.326 e. The zero-order valence-corrected chi connectivity index (χ0v) is 14.0. The van der Waals surface area contributed by atoms with Gasteiger partial charge in [0, 0.05) is 18.6 Å². The second kappa shape index (κ2) is 6.48. The van der Waals surface area contributed by atoms with E-state index in [2.05, 4.69) is 20.8 Å². The van der Waals surface area contributed by atoms with Crippen molar-refractivity contribution in [3.63, 3.8) is 0 Å². The standard InChI is InChI=1S/C15H17ClN6O2/c1-3-22-11-12(21(2)15(24)19-13(11)23)18-14(22)20-17-8-9-4-6-10(16)7-5-9/h4-8,11-12H,3H2,1-2H3,(H,18,20)(H,19,23,24)/b17-8+. The lowest BCUT2D eigenvalue weighted by molar-refractivity contribution is -0.127. The zero-order valence-electron chi connectivity index (χ0n) is 13.2. The minimum atomic E-state index is -0.556. The molecule has 8 nitrogen and oxygen atoms in total. The normalized spacial score (nSPS) is 23.4. The minimum absolute atomic E-state index is 0.354. The molecule has 1 aromatic carbocycles. The van der Waals surface area contributed by atoms with Gasteiger partial charge in [-0.15, -0.1) is 0 Å². The molecular weight excluding hydrogens is 332 g/mol. The summed E-state index contributed by atoms with van der Waals surface area (Å²) < 4.78 is 0. The number of nitrogens with one attached hydrogen (secondary N) is 2. The highest BCUT2D eigenvalue weighted by Crippen LogP contribution is 2.22. The van der Waals surface area contributed by atoms with Gasteiger partial charge in [-0.05, 0) is 24.6 Å². The zero-order chi connectivity index (χ0) is 17.3. The Hall–Kier alpha value is -2.61. The number of likely N-dealkylation sites (N-methyl/N-ethyl adjacent to an activating group) is 2. The summed E-state index contributed by atoms with van der Waals surface area (Å²) in [5.74, 6) is 0.0987. The lowest BCUT2D eigenvalue weighted by Crippen LogP contribution is -2.64. The topological polar surface area (TPSA) is 89.4 Å². The van der Waals surface area contributed by atoms with Gasteiger partial charge in [-0.2, -0.15) is 5.10 Å². The molecule has 1 aromatic rings. The molecule has 0 aromatic heterocycles. The van der Waals surface area contributed by atoms with Gasteiger partial charge in [0.2, 0.25) is 5.96 Å². The number of guanidine groups is 1. The number of rotatable bonds is 3. The average Bonchev–Trinajstić information content (AvgIpc) is 2.94. The van der Waals surface area contributed by atoms with Gasteiger partial charge in [0.1, 0.15) is 0 Å². The molecular formula is C15H17ClN6O2. The molecule has 1 saturated heterocycles. The van der Waals surface area contributed by atoms with E-state index in [4.69, 9.17) is 11.6 Å². The van der Waals surface area contributed by atoms with E-state index in [1.807, 2.05) is 19.1 Å². The minimum Gasteiger partial charge on any atom is -0.326 e. The second-order valence-electron chi connectivity index (χ2n) is 5.42. The van der Waals surface area contributed by atoms with E-state index in [0.717, 1.165) is 5.56 Å². The van der Waals surface area contributed by atoms with Crippen molar-refractivity contribution in [1.29, 1.82) is 0 Å². The van der Waals surface area contributed by atoms with Gasteiger partial charge in [-0.25, -0.2) is 15.2 Å². The fourth-order valence-electron chi connectivity index (χ4n) is 2.68. The van der Waals surface area contributed by atoms with E-state index in [0.29, 0.717) is 17.5 Å². The average molecular weight is 349 g/mol. The number of benzene rings is 1. The van der Waals surface area contributed by atoms with Gasteiger partial charge in [-0.3, -0.25) is 10.1 Å². The molecule has 126 valence electrons. The Labute approximate surface area is 144 Å². The van der Waals surface area contributed by atoms with Gasteiger partial charge >= 0.3 is 6.03 Å². The van der Waals surface area contributed by atoms with E-state index < -0.39 is 18.2 Å². The summed E-state index contributed by atoms with van der Waals surface area (Å²) in [6, 6.07) is 6.21. The third kappa shape index (κ3) is 2.92. The van der Waals surface area contributed by atoms with Gasteiger partial charge < -0.3 is 9.80 Å². The van der Waals surface area contributed by atoms with Crippen LogP contribution in [0.2, 0.25) is 5.02 Å². The van der Waals surface area contributed by atoms with Crippen LogP contribution in [0.5, 0.6) is 0 Å². The molecule has 0 aliphatic carbocycles. The summed E-state index contributed by atoms with van der Waals surface area (Å²) in [6.07, 6.45) is 1.07. The monoisotopic (exact) mass is 348 g/mol. The number of imide groups is 1. The molecule has 0 bridgehead atoms. The number of amides is 3. The van der Waals surface area contributed by atoms with Crippen LogP contribution in [0.15, 0.2) is 34.4 Å². The first-order valence-electron chi connectivity index (χ1n) is 7.48. The van der Waals surface area contributed by atoms with E-state index in [-0.39, 0.29) is 5.91 Å². The Bertz CT molecular complexity index is 717. The number of nitrogens with zero attached hydrogens (tertiary/aromatic N) is 4. The lowest BCUT2D eigenvalue weighted by Gasteiger charge is -2.35. The number of carbonyl (C=O) groups is 2. The van der Waals surface area contributed by atoms with Gasteiger partial charge in [-0.1, -0.05) is 23.7 Å². The molecule has 1 fully saturated rings. The predicted molar refractivity (Wildman–Crippen MR) is 90.9 cm³/mol. The predicted octanol–water partition coefficient (Wildman–Crippen LogP) is 0.831. The number of hydrogen-bond acceptors (Lipinski definition) is 6. The number of halogens is 1. The van der Waals surface area contributed by atoms with Gasteiger partial charge in [0.05, 0.1) is 6.21 Å². The summed E-state index contributed by atoms with van der Waals surface area (Å²) in [7, 11) is 1.61. The van der Waals surface area contributed by atoms with Crippen molar-refractivity contribution in [3.05, 3.63) is 34.9 Å². The quantitative estimate of drug-likeness (QED) is 0.625. The van der Waals surface area contributed by atoms with Crippen molar-refractivity contribution in [3.8, 4) is 0 Å². The van der Waals surface area contributed by atoms with E-state index in [9.17, 15) is 9.59 Å². The number of fused-ring (bicyclic) bond motifs is 1. The molecule has 2 heterocycles. The molecule has 2 N–H and O–H groups in total. The third-order valence-corrected chi connectivity index (χ3v) is 4.20. The molecule has 3 amide bonds. The van der Waals surface area contributed by atoms with Crippen LogP contribution in [0, 0.1) is 0 Å². The first kappa shape index (κ1) is 16.3. The van der Waals surface area contributed by atoms with Crippen molar-refractivity contribution in [2.24, 2.45) is 10.1 Å². The van der Waals surface area contributed by atoms with Gasteiger partial charge in [0.15, 0.2) is 12.2 Å². The molecule has 0 saturated carbocycles. The van der Waals surface area contributed by atoms with Crippen LogP contribution >= 0.6 is 11.6 Å². The Kier molecular flexibility index (Phi) is 4.39. The number of aliphatic imine (C=N–C) groups is 1. The number of hydrazone groups is 1. The number of urea groups is 1. The SMILES string of the molecule is CCN1C(N/N=C/c2ccc(Cl)cc2)=NC2C1C(=O)NC(=O)N2C. The highest BCUT2D eigenvalue weighted by molar-refractivity contribution is 6.30. The first-order valence-corrected chi connectivity index (χ1v) is 7.86.